The zero-order chi connectivity index (χ0) is 19.5. The first-order valence-electron chi connectivity index (χ1n) is 9.39. The van der Waals surface area contributed by atoms with Crippen molar-refractivity contribution in [3.63, 3.8) is 0 Å². The molecule has 0 aliphatic rings. The van der Waals surface area contributed by atoms with Crippen LogP contribution in [0.3, 0.4) is 0 Å². The van der Waals surface area contributed by atoms with Gasteiger partial charge in [0.15, 0.2) is 0 Å². The minimum Gasteiger partial charge on any atom is -0.493 e. The van der Waals surface area contributed by atoms with Gasteiger partial charge < -0.3 is 14.8 Å². The first-order chi connectivity index (χ1) is 13.2. The molecule has 5 heteroatoms. The summed E-state index contributed by atoms with van der Waals surface area (Å²) in [6.45, 7) is 4.63. The van der Waals surface area contributed by atoms with Crippen LogP contribution in [0.1, 0.15) is 42.6 Å². The number of carbonyl (C=O) groups excluding carboxylic acids is 2. The van der Waals surface area contributed by atoms with E-state index < -0.39 is 12.0 Å². The summed E-state index contributed by atoms with van der Waals surface area (Å²) in [5.74, 6) is -0.277. The largest absolute Gasteiger partial charge is 0.493 e. The molecule has 5 nitrogen and oxygen atoms in total. The minimum atomic E-state index is -0.761. The van der Waals surface area contributed by atoms with E-state index in [2.05, 4.69) is 12.2 Å². The number of para-hydroxylation sites is 1. The summed E-state index contributed by atoms with van der Waals surface area (Å²) in [5.41, 5.74) is 1.36. The van der Waals surface area contributed by atoms with Gasteiger partial charge in [-0.05, 0) is 31.0 Å². The van der Waals surface area contributed by atoms with Crippen molar-refractivity contribution in [2.75, 3.05) is 13.2 Å². The van der Waals surface area contributed by atoms with Gasteiger partial charge in [0.25, 0.3) is 5.91 Å². The average Bonchev–Trinajstić information content (AvgIpc) is 2.69. The second-order valence-corrected chi connectivity index (χ2v) is 6.17. The fourth-order valence-electron chi connectivity index (χ4n) is 2.63. The molecule has 2 aromatic rings. The average molecular weight is 369 g/mol. The molecular weight excluding hydrogens is 342 g/mol. The second kappa shape index (κ2) is 11.0. The molecule has 27 heavy (non-hydrogen) atoms. The van der Waals surface area contributed by atoms with Gasteiger partial charge in [0, 0.05) is 6.42 Å². The van der Waals surface area contributed by atoms with Crippen LogP contribution in [0.2, 0.25) is 0 Å². The van der Waals surface area contributed by atoms with Crippen molar-refractivity contribution in [1.29, 1.82) is 0 Å². The highest BCUT2D eigenvalue weighted by molar-refractivity contribution is 5.99. The van der Waals surface area contributed by atoms with E-state index in [1.165, 1.54) is 0 Å². The van der Waals surface area contributed by atoms with Crippen molar-refractivity contribution in [1.82, 2.24) is 5.32 Å². The number of hydrogen-bond acceptors (Lipinski definition) is 4. The summed E-state index contributed by atoms with van der Waals surface area (Å²) in [6.07, 6.45) is 2.29. The van der Waals surface area contributed by atoms with Crippen molar-refractivity contribution in [2.45, 2.75) is 39.2 Å². The van der Waals surface area contributed by atoms with Gasteiger partial charge in [-0.25, -0.2) is 4.79 Å². The maximum Gasteiger partial charge on any atom is 0.328 e. The Balaban J connectivity index is 2.14. The minimum absolute atomic E-state index is 0.261. The summed E-state index contributed by atoms with van der Waals surface area (Å²) in [7, 11) is 0. The fraction of sp³-hybridized carbons (Fsp3) is 0.364. The molecule has 0 aliphatic heterocycles. The van der Waals surface area contributed by atoms with E-state index in [-0.39, 0.29) is 12.5 Å². The molecule has 1 atom stereocenters. The van der Waals surface area contributed by atoms with Gasteiger partial charge in [0.2, 0.25) is 0 Å². The van der Waals surface area contributed by atoms with Crippen LogP contribution in [0, 0.1) is 0 Å². The van der Waals surface area contributed by atoms with Gasteiger partial charge in [-0.1, -0.05) is 55.8 Å². The number of carbonyl (C=O) groups is 2. The molecule has 0 saturated heterocycles. The normalized spacial score (nSPS) is 11.5. The first-order valence-corrected chi connectivity index (χ1v) is 9.39. The third kappa shape index (κ3) is 6.44. The number of nitrogens with one attached hydrogen (secondary N) is 1. The molecule has 0 saturated carbocycles. The molecule has 0 radical (unpaired) electrons. The van der Waals surface area contributed by atoms with Crippen LogP contribution in [0.15, 0.2) is 54.6 Å². The van der Waals surface area contributed by atoms with E-state index in [0.29, 0.717) is 24.3 Å². The Morgan fingerprint density at radius 1 is 1.00 bits per heavy atom. The summed E-state index contributed by atoms with van der Waals surface area (Å²) < 4.78 is 10.9. The van der Waals surface area contributed by atoms with E-state index >= 15 is 0 Å². The predicted molar refractivity (Wildman–Crippen MR) is 105 cm³/mol. The number of ether oxygens (including phenoxy) is 2. The lowest BCUT2D eigenvalue weighted by Crippen LogP contribution is -2.43. The lowest BCUT2D eigenvalue weighted by Gasteiger charge is -2.18. The smallest absolute Gasteiger partial charge is 0.328 e. The molecule has 1 unspecified atom stereocenters. The lowest BCUT2D eigenvalue weighted by atomic mass is 10.1. The van der Waals surface area contributed by atoms with Crippen LogP contribution < -0.4 is 10.1 Å². The van der Waals surface area contributed by atoms with Gasteiger partial charge in [-0.3, -0.25) is 4.79 Å². The van der Waals surface area contributed by atoms with E-state index in [9.17, 15) is 9.59 Å². The first kappa shape index (κ1) is 20.5. The van der Waals surface area contributed by atoms with Gasteiger partial charge in [0.1, 0.15) is 11.8 Å². The third-order valence-corrected chi connectivity index (χ3v) is 4.05. The van der Waals surface area contributed by atoms with Crippen LogP contribution in [0.25, 0.3) is 0 Å². The van der Waals surface area contributed by atoms with E-state index in [1.54, 1.807) is 25.1 Å². The molecule has 0 spiro atoms. The Bertz CT molecular complexity index is 730. The molecule has 2 rings (SSSR count). The lowest BCUT2D eigenvalue weighted by molar-refractivity contribution is -0.145. The van der Waals surface area contributed by atoms with Gasteiger partial charge in [-0.2, -0.15) is 0 Å². The highest BCUT2D eigenvalue weighted by atomic mass is 16.5. The molecule has 1 N–H and O–H groups in total. The van der Waals surface area contributed by atoms with Crippen molar-refractivity contribution in [2.24, 2.45) is 0 Å². The molecule has 0 heterocycles. The number of amides is 1. The number of unbranched alkanes of at least 4 members (excludes halogenated alkanes) is 1. The Labute approximate surface area is 160 Å². The Morgan fingerprint density at radius 2 is 1.70 bits per heavy atom. The summed E-state index contributed by atoms with van der Waals surface area (Å²) in [5, 5.41) is 2.80. The number of esters is 1. The van der Waals surface area contributed by atoms with Crippen molar-refractivity contribution in [3.8, 4) is 5.75 Å². The summed E-state index contributed by atoms with van der Waals surface area (Å²) in [4.78, 5) is 25.2. The van der Waals surface area contributed by atoms with Crippen molar-refractivity contribution >= 4 is 11.9 Å². The van der Waals surface area contributed by atoms with Gasteiger partial charge >= 0.3 is 5.97 Å². The van der Waals surface area contributed by atoms with Crippen LogP contribution in [-0.4, -0.2) is 31.1 Å². The fourth-order valence-corrected chi connectivity index (χ4v) is 2.63. The molecule has 0 fully saturated rings. The summed E-state index contributed by atoms with van der Waals surface area (Å²) in [6, 6.07) is 15.8. The highest BCUT2D eigenvalue weighted by Crippen LogP contribution is 2.19. The quantitative estimate of drug-likeness (QED) is 0.511. The van der Waals surface area contributed by atoms with Crippen LogP contribution in [0.4, 0.5) is 0 Å². The maximum absolute atomic E-state index is 12.8. The zero-order valence-electron chi connectivity index (χ0n) is 15.9. The van der Waals surface area contributed by atoms with Crippen LogP contribution >= 0.6 is 0 Å². The molecule has 0 aliphatic carbocycles. The maximum atomic E-state index is 12.8. The summed E-state index contributed by atoms with van der Waals surface area (Å²) >= 11 is 0. The molecule has 0 aromatic heterocycles. The number of benzene rings is 2. The standard InChI is InChI=1S/C22H27NO4/c1-3-5-15-27-20-14-10-9-13-18(20)21(24)23-19(22(25)26-4-2)16-17-11-7-6-8-12-17/h6-14,19H,3-5,15-16H2,1-2H3,(H,23,24). The SMILES string of the molecule is CCCCOc1ccccc1C(=O)NC(Cc1ccccc1)C(=O)OCC. The molecule has 1 amide bonds. The monoisotopic (exact) mass is 369 g/mol. The Kier molecular flexibility index (Phi) is 8.36. The van der Waals surface area contributed by atoms with E-state index in [4.69, 9.17) is 9.47 Å². The van der Waals surface area contributed by atoms with Crippen molar-refractivity contribution < 1.29 is 19.1 Å². The van der Waals surface area contributed by atoms with Gasteiger partial charge in [0.05, 0.1) is 18.8 Å². The Morgan fingerprint density at radius 3 is 2.41 bits per heavy atom. The van der Waals surface area contributed by atoms with Crippen molar-refractivity contribution in [3.05, 3.63) is 65.7 Å². The molecule has 2 aromatic carbocycles. The number of hydrogen-bond donors (Lipinski definition) is 1. The Hall–Kier alpha value is -2.82. The zero-order valence-corrected chi connectivity index (χ0v) is 15.9. The predicted octanol–water partition coefficient (Wildman–Crippen LogP) is 3.77. The molecular formula is C22H27NO4. The molecule has 0 bridgehead atoms. The molecule has 144 valence electrons. The van der Waals surface area contributed by atoms with Gasteiger partial charge in [-0.15, -0.1) is 0 Å². The van der Waals surface area contributed by atoms with E-state index in [0.717, 1.165) is 18.4 Å². The topological polar surface area (TPSA) is 64.6 Å². The number of rotatable bonds is 10. The van der Waals surface area contributed by atoms with Crippen LogP contribution in [0.5, 0.6) is 5.75 Å². The van der Waals surface area contributed by atoms with Crippen LogP contribution in [-0.2, 0) is 16.0 Å². The highest BCUT2D eigenvalue weighted by Gasteiger charge is 2.24. The van der Waals surface area contributed by atoms with E-state index in [1.807, 2.05) is 36.4 Å². The second-order valence-electron chi connectivity index (χ2n) is 6.17. The third-order valence-electron chi connectivity index (χ3n) is 4.05.